The number of hydrogen-bond donors (Lipinski definition) is 0. The molecule has 0 N–H and O–H groups in total. The molecule has 1 amide bonds. The Labute approximate surface area is 162 Å². The fourth-order valence-electron chi connectivity index (χ4n) is 3.04. The summed E-state index contributed by atoms with van der Waals surface area (Å²) in [5.74, 6) is -0.321. The van der Waals surface area contributed by atoms with Gasteiger partial charge in [0, 0.05) is 43.8 Å². The number of halogens is 1. The normalized spacial score (nSPS) is 15.2. The van der Waals surface area contributed by atoms with Gasteiger partial charge in [-0.25, -0.2) is 0 Å². The Morgan fingerprint density at radius 1 is 1.11 bits per heavy atom. The topological polar surface area (TPSA) is 66.7 Å². The van der Waals surface area contributed by atoms with E-state index in [-0.39, 0.29) is 22.2 Å². The summed E-state index contributed by atoms with van der Waals surface area (Å²) in [5.41, 5.74) is 0.990. The third-order valence-corrected chi connectivity index (χ3v) is 4.75. The summed E-state index contributed by atoms with van der Waals surface area (Å²) in [6.45, 7) is 3.34. The number of rotatable bonds is 5. The number of nitrogens with zero attached hydrogens (tertiary/aromatic N) is 3. The second-order valence-corrected chi connectivity index (χ2v) is 6.76. The number of hydrogen-bond acceptors (Lipinski definition) is 4. The van der Waals surface area contributed by atoms with Gasteiger partial charge >= 0.3 is 0 Å². The van der Waals surface area contributed by atoms with E-state index >= 15 is 0 Å². The average Bonchev–Trinajstić information content (AvgIpc) is 2.69. The minimum atomic E-state index is -0.566. The van der Waals surface area contributed by atoms with Crippen LogP contribution in [0.3, 0.4) is 0 Å². The van der Waals surface area contributed by atoms with E-state index in [1.807, 2.05) is 30.3 Å². The van der Waals surface area contributed by atoms with E-state index in [1.54, 1.807) is 4.90 Å². The largest absolute Gasteiger partial charge is 0.336 e. The molecule has 6 nitrogen and oxygen atoms in total. The minimum absolute atomic E-state index is 0.0850. The summed E-state index contributed by atoms with van der Waals surface area (Å²) in [7, 11) is 0. The van der Waals surface area contributed by atoms with Crippen molar-refractivity contribution in [3.8, 4) is 0 Å². The maximum atomic E-state index is 12.7. The van der Waals surface area contributed by atoms with Crippen LogP contribution in [-0.2, 0) is 0 Å². The monoisotopic (exact) mass is 385 g/mol. The van der Waals surface area contributed by atoms with Crippen molar-refractivity contribution in [2.75, 3.05) is 32.7 Å². The molecule has 1 saturated heterocycles. The molecule has 2 aromatic rings. The summed E-state index contributed by atoms with van der Waals surface area (Å²) in [5, 5.41) is 11.5. The molecule has 0 aromatic heterocycles. The molecule has 1 aliphatic heterocycles. The molecule has 7 heteroatoms. The standard InChI is InChI=1S/C20H20ClN3O3/c21-17-8-9-18(19(15-17)24(26)27)20(25)23-13-11-22(12-14-23)10-4-7-16-5-2-1-3-6-16/h1-9,15H,10-14H2. The highest BCUT2D eigenvalue weighted by Crippen LogP contribution is 2.25. The maximum absolute atomic E-state index is 12.7. The molecule has 2 aromatic carbocycles. The van der Waals surface area contributed by atoms with Gasteiger partial charge in [-0.1, -0.05) is 54.1 Å². The van der Waals surface area contributed by atoms with Crippen molar-refractivity contribution >= 4 is 29.3 Å². The summed E-state index contributed by atoms with van der Waals surface area (Å²) in [6, 6.07) is 14.2. The molecule has 0 bridgehead atoms. The molecule has 1 heterocycles. The number of benzene rings is 2. The van der Waals surface area contributed by atoms with Gasteiger partial charge in [0.15, 0.2) is 0 Å². The molecule has 0 aliphatic carbocycles. The van der Waals surface area contributed by atoms with Gasteiger partial charge in [-0.2, -0.15) is 0 Å². The SMILES string of the molecule is O=C(c1ccc(Cl)cc1[N+](=O)[O-])N1CCN(CC=Cc2ccccc2)CC1. The number of carbonyl (C=O) groups is 1. The fourth-order valence-corrected chi connectivity index (χ4v) is 3.21. The summed E-state index contributed by atoms with van der Waals surface area (Å²) >= 11 is 5.82. The number of carbonyl (C=O) groups excluding carboxylic acids is 1. The zero-order valence-corrected chi connectivity index (χ0v) is 15.5. The lowest BCUT2D eigenvalue weighted by atomic mass is 10.1. The Bertz CT molecular complexity index is 847. The molecule has 0 radical (unpaired) electrons. The average molecular weight is 386 g/mol. The van der Waals surface area contributed by atoms with E-state index in [4.69, 9.17) is 11.6 Å². The molecular formula is C20H20ClN3O3. The predicted molar refractivity (Wildman–Crippen MR) is 106 cm³/mol. The molecule has 140 valence electrons. The third-order valence-electron chi connectivity index (χ3n) is 4.52. The van der Waals surface area contributed by atoms with Crippen LogP contribution < -0.4 is 0 Å². The van der Waals surface area contributed by atoms with E-state index in [9.17, 15) is 14.9 Å². The Morgan fingerprint density at radius 2 is 1.81 bits per heavy atom. The van der Waals surface area contributed by atoms with Gasteiger partial charge in [0.1, 0.15) is 5.56 Å². The lowest BCUT2D eigenvalue weighted by molar-refractivity contribution is -0.385. The molecule has 0 unspecified atom stereocenters. The highest BCUT2D eigenvalue weighted by Gasteiger charge is 2.27. The van der Waals surface area contributed by atoms with Crippen LogP contribution in [0.4, 0.5) is 5.69 Å². The second kappa shape index (κ2) is 8.79. The number of nitro benzene ring substituents is 1. The van der Waals surface area contributed by atoms with Gasteiger partial charge in [0.25, 0.3) is 11.6 Å². The third kappa shape index (κ3) is 4.93. The number of nitro groups is 1. The molecule has 0 saturated carbocycles. The van der Waals surface area contributed by atoms with Crippen LogP contribution in [-0.4, -0.2) is 53.4 Å². The van der Waals surface area contributed by atoms with Gasteiger partial charge in [-0.05, 0) is 17.7 Å². The second-order valence-electron chi connectivity index (χ2n) is 6.32. The molecule has 27 heavy (non-hydrogen) atoms. The predicted octanol–water partition coefficient (Wildman–Crippen LogP) is 3.72. The molecular weight excluding hydrogens is 366 g/mol. The van der Waals surface area contributed by atoms with Crippen molar-refractivity contribution < 1.29 is 9.72 Å². The van der Waals surface area contributed by atoms with Crippen LogP contribution in [0.5, 0.6) is 0 Å². The maximum Gasteiger partial charge on any atom is 0.283 e. The highest BCUT2D eigenvalue weighted by atomic mass is 35.5. The van der Waals surface area contributed by atoms with Crippen LogP contribution in [0.2, 0.25) is 5.02 Å². The first-order valence-corrected chi connectivity index (χ1v) is 9.09. The van der Waals surface area contributed by atoms with Crippen molar-refractivity contribution in [3.05, 3.63) is 80.9 Å². The van der Waals surface area contributed by atoms with Gasteiger partial charge in [-0.15, -0.1) is 0 Å². The first-order chi connectivity index (χ1) is 13.0. The van der Waals surface area contributed by atoms with E-state index in [0.717, 1.165) is 25.2 Å². The van der Waals surface area contributed by atoms with Crippen LogP contribution in [0.25, 0.3) is 6.08 Å². The van der Waals surface area contributed by atoms with Crippen molar-refractivity contribution in [3.63, 3.8) is 0 Å². The summed E-state index contributed by atoms with van der Waals surface area (Å²) in [4.78, 5) is 27.2. The zero-order valence-electron chi connectivity index (χ0n) is 14.8. The molecule has 1 fully saturated rings. The fraction of sp³-hybridized carbons (Fsp3) is 0.250. The van der Waals surface area contributed by atoms with Crippen LogP contribution >= 0.6 is 11.6 Å². The van der Waals surface area contributed by atoms with Gasteiger partial charge in [-0.3, -0.25) is 19.8 Å². The van der Waals surface area contributed by atoms with E-state index in [2.05, 4.69) is 17.1 Å². The Balaban J connectivity index is 1.57. The Morgan fingerprint density at radius 3 is 2.48 bits per heavy atom. The van der Waals surface area contributed by atoms with E-state index in [0.29, 0.717) is 13.1 Å². The van der Waals surface area contributed by atoms with Crippen molar-refractivity contribution in [2.45, 2.75) is 0 Å². The number of amides is 1. The molecule has 0 spiro atoms. The first-order valence-electron chi connectivity index (χ1n) is 8.72. The van der Waals surface area contributed by atoms with Gasteiger partial charge in [0.2, 0.25) is 0 Å². The molecule has 1 aliphatic rings. The lowest BCUT2D eigenvalue weighted by Crippen LogP contribution is -2.48. The summed E-state index contributed by atoms with van der Waals surface area (Å²) in [6.07, 6.45) is 4.19. The van der Waals surface area contributed by atoms with Gasteiger partial charge in [0.05, 0.1) is 4.92 Å². The van der Waals surface area contributed by atoms with Crippen molar-refractivity contribution in [1.82, 2.24) is 9.80 Å². The Kier molecular flexibility index (Phi) is 6.21. The van der Waals surface area contributed by atoms with Gasteiger partial charge < -0.3 is 4.90 Å². The van der Waals surface area contributed by atoms with Crippen molar-refractivity contribution in [1.29, 1.82) is 0 Å². The zero-order chi connectivity index (χ0) is 19.2. The quantitative estimate of drug-likeness (QED) is 0.581. The van der Waals surface area contributed by atoms with Crippen molar-refractivity contribution in [2.24, 2.45) is 0 Å². The molecule has 3 rings (SSSR count). The smallest absolute Gasteiger partial charge is 0.283 e. The van der Waals surface area contributed by atoms with E-state index in [1.165, 1.54) is 18.2 Å². The van der Waals surface area contributed by atoms with Crippen LogP contribution in [0.15, 0.2) is 54.6 Å². The van der Waals surface area contributed by atoms with E-state index < -0.39 is 4.92 Å². The van der Waals surface area contributed by atoms with Crippen LogP contribution in [0.1, 0.15) is 15.9 Å². The Hall–Kier alpha value is -2.70. The number of piperazine rings is 1. The van der Waals surface area contributed by atoms with Crippen LogP contribution in [0, 0.1) is 10.1 Å². The first kappa shape index (κ1) is 19.1. The highest BCUT2D eigenvalue weighted by molar-refractivity contribution is 6.31. The minimum Gasteiger partial charge on any atom is -0.336 e. The molecule has 0 atom stereocenters. The lowest BCUT2D eigenvalue weighted by Gasteiger charge is -2.34. The summed E-state index contributed by atoms with van der Waals surface area (Å²) < 4.78 is 0.